The Kier molecular flexibility index (Phi) is 4.56. The zero-order chi connectivity index (χ0) is 13.8. The van der Waals surface area contributed by atoms with E-state index in [1.54, 1.807) is 13.1 Å². The van der Waals surface area contributed by atoms with E-state index in [2.05, 4.69) is 37.9 Å². The molecule has 0 unspecified atom stereocenters. The molecule has 2 aromatic rings. The van der Waals surface area contributed by atoms with Crippen molar-refractivity contribution in [3.8, 4) is 0 Å². The quantitative estimate of drug-likeness (QED) is 0.936. The lowest BCUT2D eigenvalue weighted by Crippen LogP contribution is -2.17. The van der Waals surface area contributed by atoms with E-state index in [9.17, 15) is 5.11 Å². The number of nitrogens with zero attached hydrogens (tertiary/aromatic N) is 2. The van der Waals surface area contributed by atoms with Gasteiger partial charge in [-0.25, -0.2) is 4.98 Å². The fourth-order valence-corrected chi connectivity index (χ4v) is 2.11. The molecular formula is C15H17BrN2O. The lowest BCUT2D eigenvalue weighted by Gasteiger charge is -2.19. The lowest BCUT2D eigenvalue weighted by molar-refractivity contribution is 0.199. The predicted molar refractivity (Wildman–Crippen MR) is 81.1 cm³/mol. The van der Waals surface area contributed by atoms with Crippen LogP contribution in [0.1, 0.15) is 24.2 Å². The molecular weight excluding hydrogens is 304 g/mol. The minimum absolute atomic E-state index is 0.470. The number of aliphatic hydroxyl groups is 1. The molecule has 1 aromatic heterocycles. The normalized spacial score (nSPS) is 12.2. The maximum absolute atomic E-state index is 9.60. The third-order valence-corrected chi connectivity index (χ3v) is 3.50. The van der Waals surface area contributed by atoms with Crippen molar-refractivity contribution in [1.82, 2.24) is 4.98 Å². The molecule has 0 fully saturated rings. The van der Waals surface area contributed by atoms with Crippen LogP contribution < -0.4 is 4.90 Å². The summed E-state index contributed by atoms with van der Waals surface area (Å²) in [4.78, 5) is 6.41. The van der Waals surface area contributed by atoms with E-state index >= 15 is 0 Å². The fraction of sp³-hybridized carbons (Fsp3) is 0.267. The van der Waals surface area contributed by atoms with Gasteiger partial charge in [0.15, 0.2) is 0 Å². The fourth-order valence-electron chi connectivity index (χ4n) is 1.85. The number of aromatic nitrogens is 1. The van der Waals surface area contributed by atoms with Gasteiger partial charge in [0.25, 0.3) is 0 Å². The van der Waals surface area contributed by atoms with Crippen molar-refractivity contribution in [3.05, 3.63) is 58.2 Å². The largest absolute Gasteiger partial charge is 0.389 e. The smallest absolute Gasteiger partial charge is 0.128 e. The van der Waals surface area contributed by atoms with Crippen LogP contribution in [0.2, 0.25) is 0 Å². The van der Waals surface area contributed by atoms with Gasteiger partial charge in [-0.3, -0.25) is 0 Å². The minimum atomic E-state index is -0.470. The monoisotopic (exact) mass is 320 g/mol. The molecule has 0 spiro atoms. The number of rotatable bonds is 4. The van der Waals surface area contributed by atoms with Crippen LogP contribution >= 0.6 is 15.9 Å². The average molecular weight is 321 g/mol. The Morgan fingerprint density at radius 2 is 1.95 bits per heavy atom. The van der Waals surface area contributed by atoms with Crippen LogP contribution in [0.4, 0.5) is 5.82 Å². The number of anilines is 1. The van der Waals surface area contributed by atoms with Gasteiger partial charge in [0, 0.05) is 24.3 Å². The number of hydrogen-bond acceptors (Lipinski definition) is 3. The van der Waals surface area contributed by atoms with Crippen molar-refractivity contribution in [2.45, 2.75) is 19.6 Å². The van der Waals surface area contributed by atoms with Gasteiger partial charge in [0.2, 0.25) is 0 Å². The highest BCUT2D eigenvalue weighted by atomic mass is 79.9. The molecule has 3 nitrogen and oxygen atoms in total. The van der Waals surface area contributed by atoms with Gasteiger partial charge in [0.1, 0.15) is 5.82 Å². The Hall–Kier alpha value is -1.39. The standard InChI is InChI=1S/C15H17BrN2O/c1-11(19)13-7-8-17-15(9-13)18(2)10-12-3-5-14(16)6-4-12/h3-9,11,19H,10H2,1-2H3/t11-/m0/s1. The first-order valence-electron chi connectivity index (χ1n) is 6.16. The van der Waals surface area contributed by atoms with Crippen molar-refractivity contribution in [2.75, 3.05) is 11.9 Å². The molecule has 0 saturated heterocycles. The Morgan fingerprint density at radius 3 is 2.58 bits per heavy atom. The molecule has 100 valence electrons. The van der Waals surface area contributed by atoms with Gasteiger partial charge < -0.3 is 10.0 Å². The highest BCUT2D eigenvalue weighted by Crippen LogP contribution is 2.19. The highest BCUT2D eigenvalue weighted by Gasteiger charge is 2.07. The molecule has 1 heterocycles. The van der Waals surface area contributed by atoms with Crippen molar-refractivity contribution >= 4 is 21.7 Å². The van der Waals surface area contributed by atoms with Crippen LogP contribution in [-0.2, 0) is 6.54 Å². The number of aliphatic hydroxyl groups excluding tert-OH is 1. The maximum Gasteiger partial charge on any atom is 0.128 e. The van der Waals surface area contributed by atoms with Gasteiger partial charge in [-0.2, -0.15) is 0 Å². The van der Waals surface area contributed by atoms with Crippen molar-refractivity contribution < 1.29 is 5.11 Å². The molecule has 2 rings (SSSR count). The van der Waals surface area contributed by atoms with Crippen molar-refractivity contribution in [1.29, 1.82) is 0 Å². The highest BCUT2D eigenvalue weighted by molar-refractivity contribution is 9.10. The van der Waals surface area contributed by atoms with Crippen LogP contribution in [0, 0.1) is 0 Å². The lowest BCUT2D eigenvalue weighted by atomic mass is 10.1. The molecule has 0 amide bonds. The van der Waals surface area contributed by atoms with Crippen molar-refractivity contribution in [2.24, 2.45) is 0 Å². The SMILES string of the molecule is C[C@H](O)c1ccnc(N(C)Cc2ccc(Br)cc2)c1. The van der Waals surface area contributed by atoms with Crippen LogP contribution in [0.5, 0.6) is 0 Å². The summed E-state index contributed by atoms with van der Waals surface area (Å²) in [5, 5.41) is 9.60. The van der Waals surface area contributed by atoms with E-state index in [1.807, 2.05) is 31.3 Å². The van der Waals surface area contributed by atoms with Gasteiger partial charge >= 0.3 is 0 Å². The predicted octanol–water partition coefficient (Wildman–Crippen LogP) is 3.53. The summed E-state index contributed by atoms with van der Waals surface area (Å²) in [5.41, 5.74) is 2.10. The average Bonchev–Trinajstić information content (AvgIpc) is 2.41. The van der Waals surface area contributed by atoms with Gasteiger partial charge in [0.05, 0.1) is 6.10 Å². The molecule has 0 aliphatic carbocycles. The number of hydrogen-bond donors (Lipinski definition) is 1. The van der Waals surface area contributed by atoms with Crippen LogP contribution in [0.25, 0.3) is 0 Å². The third-order valence-electron chi connectivity index (χ3n) is 2.98. The van der Waals surface area contributed by atoms with Gasteiger partial charge in [-0.05, 0) is 42.3 Å². The Bertz CT molecular complexity index is 540. The molecule has 0 aliphatic rings. The molecule has 0 aliphatic heterocycles. The molecule has 1 N–H and O–H groups in total. The second kappa shape index (κ2) is 6.17. The first-order valence-corrected chi connectivity index (χ1v) is 6.95. The van der Waals surface area contributed by atoms with E-state index in [0.717, 1.165) is 22.4 Å². The topological polar surface area (TPSA) is 36.4 Å². The summed E-state index contributed by atoms with van der Waals surface area (Å²) in [6.07, 6.45) is 1.26. The summed E-state index contributed by atoms with van der Waals surface area (Å²) in [7, 11) is 2.00. The summed E-state index contributed by atoms with van der Waals surface area (Å²) in [6.45, 7) is 2.54. The Morgan fingerprint density at radius 1 is 1.26 bits per heavy atom. The second-order valence-electron chi connectivity index (χ2n) is 4.61. The summed E-state index contributed by atoms with van der Waals surface area (Å²) >= 11 is 3.43. The summed E-state index contributed by atoms with van der Waals surface area (Å²) < 4.78 is 1.08. The number of benzene rings is 1. The molecule has 0 radical (unpaired) electrons. The summed E-state index contributed by atoms with van der Waals surface area (Å²) in [5.74, 6) is 0.862. The molecule has 1 atom stereocenters. The van der Waals surface area contributed by atoms with Crippen LogP contribution in [0.3, 0.4) is 0 Å². The van der Waals surface area contributed by atoms with Gasteiger partial charge in [-0.1, -0.05) is 28.1 Å². The second-order valence-corrected chi connectivity index (χ2v) is 5.52. The van der Waals surface area contributed by atoms with Crippen LogP contribution in [-0.4, -0.2) is 17.1 Å². The third kappa shape index (κ3) is 3.78. The zero-order valence-electron chi connectivity index (χ0n) is 11.0. The number of pyridine rings is 1. The molecule has 4 heteroatoms. The molecule has 0 bridgehead atoms. The Balaban J connectivity index is 2.13. The first kappa shape index (κ1) is 14.0. The molecule has 19 heavy (non-hydrogen) atoms. The Labute approximate surface area is 122 Å². The van der Waals surface area contributed by atoms with E-state index in [1.165, 1.54) is 5.56 Å². The summed E-state index contributed by atoms with van der Waals surface area (Å²) in [6, 6.07) is 12.0. The number of halogens is 1. The molecule has 0 saturated carbocycles. The maximum atomic E-state index is 9.60. The van der Waals surface area contributed by atoms with E-state index < -0.39 is 6.10 Å². The zero-order valence-corrected chi connectivity index (χ0v) is 12.6. The van der Waals surface area contributed by atoms with E-state index in [4.69, 9.17) is 0 Å². The van der Waals surface area contributed by atoms with Crippen LogP contribution in [0.15, 0.2) is 47.1 Å². The minimum Gasteiger partial charge on any atom is -0.389 e. The van der Waals surface area contributed by atoms with E-state index in [-0.39, 0.29) is 0 Å². The van der Waals surface area contributed by atoms with Crippen molar-refractivity contribution in [3.63, 3.8) is 0 Å². The molecule has 1 aromatic carbocycles. The van der Waals surface area contributed by atoms with E-state index in [0.29, 0.717) is 0 Å². The van der Waals surface area contributed by atoms with Gasteiger partial charge in [-0.15, -0.1) is 0 Å². The first-order chi connectivity index (χ1) is 9.06.